The molecule has 1 aliphatic carbocycles. The van der Waals surface area contributed by atoms with Gasteiger partial charge < -0.3 is 16.0 Å². The maximum atomic E-state index is 11.7. The molecule has 0 spiro atoms. The number of nitrogens with one attached hydrogen (secondary N) is 3. The normalized spacial score (nSPS) is 19.1. The van der Waals surface area contributed by atoms with Crippen LogP contribution in [0.5, 0.6) is 0 Å². The van der Waals surface area contributed by atoms with Crippen molar-refractivity contribution >= 4 is 23.4 Å². The number of aromatic nitrogens is 3. The predicted molar refractivity (Wildman–Crippen MR) is 112 cm³/mol. The van der Waals surface area contributed by atoms with E-state index in [0.717, 1.165) is 31.4 Å². The fraction of sp³-hybridized carbons (Fsp3) is 0.429. The van der Waals surface area contributed by atoms with E-state index in [2.05, 4.69) is 63.7 Å². The lowest BCUT2D eigenvalue weighted by molar-refractivity contribution is -0.117. The third-order valence-electron chi connectivity index (χ3n) is 5.00. The highest BCUT2D eigenvalue weighted by Gasteiger charge is 2.26. The van der Waals surface area contributed by atoms with E-state index in [9.17, 15) is 4.79 Å². The van der Waals surface area contributed by atoms with E-state index in [0.29, 0.717) is 17.7 Å². The van der Waals surface area contributed by atoms with Crippen molar-refractivity contribution in [3.8, 4) is 0 Å². The summed E-state index contributed by atoms with van der Waals surface area (Å²) in [4.78, 5) is 16.2. The quantitative estimate of drug-likeness (QED) is 0.634. The molecule has 1 amide bonds. The van der Waals surface area contributed by atoms with Crippen LogP contribution in [0.2, 0.25) is 0 Å². The van der Waals surface area contributed by atoms with E-state index in [-0.39, 0.29) is 18.0 Å². The van der Waals surface area contributed by atoms with Crippen LogP contribution in [-0.4, -0.2) is 33.2 Å². The Kier molecular flexibility index (Phi) is 6.57. The lowest BCUT2D eigenvalue weighted by Crippen LogP contribution is -2.48. The maximum Gasteiger partial charge on any atom is 0.244 e. The van der Waals surface area contributed by atoms with Crippen molar-refractivity contribution in [1.82, 2.24) is 20.5 Å². The van der Waals surface area contributed by atoms with Crippen LogP contribution in [0.1, 0.15) is 51.0 Å². The maximum absolute atomic E-state index is 11.7. The van der Waals surface area contributed by atoms with Crippen molar-refractivity contribution in [2.24, 2.45) is 0 Å². The van der Waals surface area contributed by atoms with Gasteiger partial charge in [0.15, 0.2) is 5.82 Å². The van der Waals surface area contributed by atoms with Gasteiger partial charge in [0.2, 0.25) is 11.9 Å². The van der Waals surface area contributed by atoms with Crippen LogP contribution in [0.3, 0.4) is 0 Å². The molecule has 1 saturated carbocycles. The zero-order valence-electron chi connectivity index (χ0n) is 16.5. The summed E-state index contributed by atoms with van der Waals surface area (Å²) in [6, 6.07) is 8.38. The molecule has 3 rings (SSSR count). The SMILES string of the molecule is C=CC(=O)N[C@H]1CCCC[C@H]1Nc1nncc(Nc2ccc(C(C)C)cc2)n1. The van der Waals surface area contributed by atoms with Crippen LogP contribution in [0.15, 0.2) is 43.1 Å². The van der Waals surface area contributed by atoms with E-state index >= 15 is 0 Å². The Morgan fingerprint density at radius 3 is 2.57 bits per heavy atom. The first-order valence-electron chi connectivity index (χ1n) is 9.81. The molecular weight excluding hydrogens is 352 g/mol. The van der Waals surface area contributed by atoms with Gasteiger partial charge in [0.25, 0.3) is 0 Å². The van der Waals surface area contributed by atoms with Crippen LogP contribution in [0.4, 0.5) is 17.5 Å². The molecule has 1 heterocycles. The minimum atomic E-state index is -0.155. The molecule has 7 nitrogen and oxygen atoms in total. The van der Waals surface area contributed by atoms with E-state index in [1.54, 1.807) is 6.20 Å². The highest BCUT2D eigenvalue weighted by molar-refractivity contribution is 5.87. The molecule has 1 fully saturated rings. The number of hydrogen-bond acceptors (Lipinski definition) is 6. The molecule has 1 aliphatic rings. The molecule has 2 aromatic rings. The monoisotopic (exact) mass is 380 g/mol. The van der Waals surface area contributed by atoms with Crippen molar-refractivity contribution in [1.29, 1.82) is 0 Å². The topological polar surface area (TPSA) is 91.8 Å². The van der Waals surface area contributed by atoms with E-state index < -0.39 is 0 Å². The Morgan fingerprint density at radius 2 is 1.89 bits per heavy atom. The first-order valence-corrected chi connectivity index (χ1v) is 9.81. The molecule has 148 valence electrons. The first-order chi connectivity index (χ1) is 13.5. The molecular formula is C21H28N6O. The molecule has 7 heteroatoms. The summed E-state index contributed by atoms with van der Waals surface area (Å²) in [5.41, 5.74) is 2.24. The Balaban J connectivity index is 1.66. The lowest BCUT2D eigenvalue weighted by Gasteiger charge is -2.32. The molecule has 0 radical (unpaired) electrons. The molecule has 1 aromatic carbocycles. The van der Waals surface area contributed by atoms with Crippen LogP contribution in [0.25, 0.3) is 0 Å². The molecule has 2 atom stereocenters. The zero-order chi connectivity index (χ0) is 19.9. The zero-order valence-corrected chi connectivity index (χ0v) is 16.5. The van der Waals surface area contributed by atoms with Crippen molar-refractivity contribution < 1.29 is 4.79 Å². The standard InChI is InChI=1S/C21H28N6O/c1-4-20(28)24-17-7-5-6-8-18(17)25-21-26-19(13-22-27-21)23-16-11-9-15(10-12-16)14(2)3/h4,9-14,17-18H,1,5-8H2,2-3H3,(H,24,28)(H2,23,25,26,27)/t17-,18+/m0/s1. The van der Waals surface area contributed by atoms with Gasteiger partial charge in [-0.3, -0.25) is 4.79 Å². The third-order valence-corrected chi connectivity index (χ3v) is 5.00. The summed E-state index contributed by atoms with van der Waals surface area (Å²) < 4.78 is 0. The number of carbonyl (C=O) groups excluding carboxylic acids is 1. The van der Waals surface area contributed by atoms with Crippen molar-refractivity contribution in [2.45, 2.75) is 57.5 Å². The summed E-state index contributed by atoms with van der Waals surface area (Å²) in [6.45, 7) is 7.87. The second-order valence-corrected chi connectivity index (χ2v) is 7.42. The highest BCUT2D eigenvalue weighted by Crippen LogP contribution is 2.23. The number of nitrogens with zero attached hydrogens (tertiary/aromatic N) is 3. The van der Waals surface area contributed by atoms with Gasteiger partial charge in [0.05, 0.1) is 6.20 Å². The summed E-state index contributed by atoms with van der Waals surface area (Å²) in [5.74, 6) is 1.42. The van der Waals surface area contributed by atoms with E-state index in [4.69, 9.17) is 0 Å². The predicted octanol–water partition coefficient (Wildman–Crippen LogP) is 3.76. The van der Waals surface area contributed by atoms with Gasteiger partial charge in [-0.05, 0) is 42.5 Å². The average Bonchev–Trinajstić information content (AvgIpc) is 2.70. The summed E-state index contributed by atoms with van der Waals surface area (Å²) in [5, 5.41) is 17.8. The van der Waals surface area contributed by atoms with Gasteiger partial charge in [0, 0.05) is 17.8 Å². The van der Waals surface area contributed by atoms with Crippen molar-refractivity contribution in [3.05, 3.63) is 48.7 Å². The Bertz CT molecular complexity index is 805. The van der Waals surface area contributed by atoms with Crippen molar-refractivity contribution in [2.75, 3.05) is 10.6 Å². The number of hydrogen-bond donors (Lipinski definition) is 3. The molecule has 1 aromatic heterocycles. The van der Waals surface area contributed by atoms with Gasteiger partial charge in [-0.2, -0.15) is 10.1 Å². The second kappa shape index (κ2) is 9.30. The van der Waals surface area contributed by atoms with Crippen molar-refractivity contribution in [3.63, 3.8) is 0 Å². The van der Waals surface area contributed by atoms with Gasteiger partial charge in [-0.25, -0.2) is 0 Å². The highest BCUT2D eigenvalue weighted by atomic mass is 16.1. The third kappa shape index (κ3) is 5.28. The second-order valence-electron chi connectivity index (χ2n) is 7.42. The van der Waals surface area contributed by atoms with Gasteiger partial charge in [-0.1, -0.05) is 45.4 Å². The number of benzene rings is 1. The van der Waals surface area contributed by atoms with E-state index in [1.165, 1.54) is 11.6 Å². The Labute approximate surface area is 166 Å². The fourth-order valence-electron chi connectivity index (χ4n) is 3.41. The van der Waals surface area contributed by atoms with Gasteiger partial charge in [-0.15, -0.1) is 5.10 Å². The first kappa shape index (κ1) is 19.8. The molecule has 0 unspecified atom stereocenters. The minimum absolute atomic E-state index is 0.0306. The summed E-state index contributed by atoms with van der Waals surface area (Å²) in [7, 11) is 0. The molecule has 28 heavy (non-hydrogen) atoms. The molecule has 0 saturated heterocycles. The average molecular weight is 380 g/mol. The number of amides is 1. The number of rotatable bonds is 7. The molecule has 3 N–H and O–H groups in total. The fourth-order valence-corrected chi connectivity index (χ4v) is 3.41. The van der Waals surface area contributed by atoms with E-state index in [1.807, 2.05) is 12.1 Å². The number of anilines is 3. The van der Waals surface area contributed by atoms with Gasteiger partial charge >= 0.3 is 0 Å². The van der Waals surface area contributed by atoms with Gasteiger partial charge in [0.1, 0.15) is 0 Å². The summed E-state index contributed by atoms with van der Waals surface area (Å²) in [6.07, 6.45) is 6.96. The summed E-state index contributed by atoms with van der Waals surface area (Å²) >= 11 is 0. The van der Waals surface area contributed by atoms with Crippen LogP contribution >= 0.6 is 0 Å². The van der Waals surface area contributed by atoms with Crippen LogP contribution < -0.4 is 16.0 Å². The largest absolute Gasteiger partial charge is 0.348 e. The smallest absolute Gasteiger partial charge is 0.244 e. The molecule has 0 aliphatic heterocycles. The molecule has 0 bridgehead atoms. The van der Waals surface area contributed by atoms with Crippen LogP contribution in [-0.2, 0) is 4.79 Å². The minimum Gasteiger partial charge on any atom is -0.348 e. The lowest BCUT2D eigenvalue weighted by atomic mass is 9.90. The van der Waals surface area contributed by atoms with Crippen LogP contribution in [0, 0.1) is 0 Å². The number of carbonyl (C=O) groups is 1. The Hall–Kier alpha value is -2.96. The Morgan fingerprint density at radius 1 is 1.18 bits per heavy atom.